The second kappa shape index (κ2) is 6.36. The van der Waals surface area contributed by atoms with E-state index in [-0.39, 0.29) is 0 Å². The Kier molecular flexibility index (Phi) is 5.88. The molecule has 0 fully saturated rings. The highest BCUT2D eigenvalue weighted by molar-refractivity contribution is 4.96. The van der Waals surface area contributed by atoms with Crippen LogP contribution in [-0.4, -0.2) is 13.7 Å². The lowest BCUT2D eigenvalue weighted by atomic mass is 10.2. The number of ether oxygens (including phenoxy) is 1. The topological polar surface area (TPSA) is 35.2 Å². The second-order valence-corrected chi connectivity index (χ2v) is 2.15. The van der Waals surface area contributed by atoms with Crippen molar-refractivity contribution in [2.45, 2.75) is 12.8 Å². The minimum Gasteiger partial charge on any atom is -0.405 e. The van der Waals surface area contributed by atoms with Crippen LogP contribution in [-0.2, 0) is 4.74 Å². The van der Waals surface area contributed by atoms with Gasteiger partial charge in [-0.25, -0.2) is 0 Å². The van der Waals surface area contributed by atoms with E-state index in [4.69, 9.17) is 10.5 Å². The molecule has 0 bridgehead atoms. The maximum absolute atomic E-state index is 5.15. The number of allylic oxidation sites excluding steroid dienone is 1. The van der Waals surface area contributed by atoms with E-state index >= 15 is 0 Å². The lowest BCUT2D eigenvalue weighted by Crippen LogP contribution is -1.91. The van der Waals surface area contributed by atoms with Crippen molar-refractivity contribution in [1.82, 2.24) is 0 Å². The molecule has 0 unspecified atom stereocenters. The molecule has 0 aliphatic heterocycles. The van der Waals surface area contributed by atoms with Gasteiger partial charge < -0.3 is 10.5 Å². The standard InChI is InChI=1S/C8H15NO/c1-8(7-10-2)5-3-4-6-9/h4,6H,1,3,5,7,9H2,2H3/b6-4-. The Morgan fingerprint density at radius 1 is 1.70 bits per heavy atom. The van der Waals surface area contributed by atoms with Crippen LogP contribution in [0.1, 0.15) is 12.8 Å². The van der Waals surface area contributed by atoms with Crippen LogP contribution < -0.4 is 5.73 Å². The molecule has 0 saturated heterocycles. The molecule has 0 heterocycles. The molecule has 0 aromatic carbocycles. The first-order chi connectivity index (χ1) is 4.81. The Morgan fingerprint density at radius 3 is 2.90 bits per heavy atom. The fourth-order valence-corrected chi connectivity index (χ4v) is 0.660. The summed E-state index contributed by atoms with van der Waals surface area (Å²) in [6.07, 6.45) is 5.39. The maximum atomic E-state index is 5.15. The maximum Gasteiger partial charge on any atom is 0.0670 e. The Balaban J connectivity index is 3.21. The van der Waals surface area contributed by atoms with Crippen LogP contribution in [0.5, 0.6) is 0 Å². The molecule has 0 aliphatic rings. The van der Waals surface area contributed by atoms with Gasteiger partial charge in [0, 0.05) is 7.11 Å². The molecule has 0 aromatic rings. The third-order valence-corrected chi connectivity index (χ3v) is 1.15. The summed E-state index contributed by atoms with van der Waals surface area (Å²) in [5.74, 6) is 0. The van der Waals surface area contributed by atoms with Gasteiger partial charge in [-0.05, 0) is 19.0 Å². The van der Waals surface area contributed by atoms with Gasteiger partial charge >= 0.3 is 0 Å². The van der Waals surface area contributed by atoms with Crippen molar-refractivity contribution in [2.24, 2.45) is 5.73 Å². The lowest BCUT2D eigenvalue weighted by molar-refractivity contribution is 0.223. The largest absolute Gasteiger partial charge is 0.405 e. The molecule has 58 valence electrons. The molecule has 0 radical (unpaired) electrons. The molecule has 0 aromatic heterocycles. The summed E-state index contributed by atoms with van der Waals surface area (Å²) in [4.78, 5) is 0. The van der Waals surface area contributed by atoms with Crippen molar-refractivity contribution in [3.63, 3.8) is 0 Å². The third-order valence-electron chi connectivity index (χ3n) is 1.15. The minimum absolute atomic E-state index is 0.651. The zero-order chi connectivity index (χ0) is 7.82. The Morgan fingerprint density at radius 2 is 2.40 bits per heavy atom. The van der Waals surface area contributed by atoms with Crippen molar-refractivity contribution in [3.05, 3.63) is 24.4 Å². The molecular formula is C8H15NO. The van der Waals surface area contributed by atoms with Gasteiger partial charge in [-0.1, -0.05) is 18.2 Å². The minimum atomic E-state index is 0.651. The fraction of sp³-hybridized carbons (Fsp3) is 0.500. The van der Waals surface area contributed by atoms with Gasteiger partial charge in [0.1, 0.15) is 0 Å². The molecule has 2 heteroatoms. The van der Waals surface area contributed by atoms with Gasteiger partial charge in [0.05, 0.1) is 6.61 Å². The lowest BCUT2D eigenvalue weighted by Gasteiger charge is -1.99. The fourth-order valence-electron chi connectivity index (χ4n) is 0.660. The van der Waals surface area contributed by atoms with Gasteiger partial charge in [0.25, 0.3) is 0 Å². The van der Waals surface area contributed by atoms with Crippen molar-refractivity contribution >= 4 is 0 Å². The smallest absolute Gasteiger partial charge is 0.0670 e. The quantitative estimate of drug-likeness (QED) is 0.588. The number of nitrogens with two attached hydrogens (primary N) is 1. The number of hydrogen-bond donors (Lipinski definition) is 1. The van der Waals surface area contributed by atoms with Crippen molar-refractivity contribution in [2.75, 3.05) is 13.7 Å². The summed E-state index contributed by atoms with van der Waals surface area (Å²) >= 11 is 0. The average molecular weight is 141 g/mol. The summed E-state index contributed by atoms with van der Waals surface area (Å²) in [6.45, 7) is 4.47. The average Bonchev–Trinajstić information content (AvgIpc) is 1.89. The van der Waals surface area contributed by atoms with E-state index in [1.165, 1.54) is 0 Å². The van der Waals surface area contributed by atoms with Gasteiger partial charge in [-0.2, -0.15) is 0 Å². The summed E-state index contributed by atoms with van der Waals surface area (Å²) in [6, 6.07) is 0. The molecule has 2 N–H and O–H groups in total. The third kappa shape index (κ3) is 5.38. The molecule has 0 atom stereocenters. The highest BCUT2D eigenvalue weighted by atomic mass is 16.5. The molecule has 0 saturated carbocycles. The number of hydrogen-bond acceptors (Lipinski definition) is 2. The molecule has 0 aliphatic carbocycles. The van der Waals surface area contributed by atoms with E-state index in [0.717, 1.165) is 18.4 Å². The molecule has 2 nitrogen and oxygen atoms in total. The van der Waals surface area contributed by atoms with Gasteiger partial charge in [-0.3, -0.25) is 0 Å². The van der Waals surface area contributed by atoms with E-state index in [1.54, 1.807) is 13.3 Å². The van der Waals surface area contributed by atoms with E-state index in [0.29, 0.717) is 6.61 Å². The number of rotatable bonds is 5. The monoisotopic (exact) mass is 141 g/mol. The SMILES string of the molecule is C=C(CC/C=C\N)COC. The molecule has 0 spiro atoms. The Hall–Kier alpha value is -0.760. The van der Waals surface area contributed by atoms with Gasteiger partial charge in [0.15, 0.2) is 0 Å². The van der Waals surface area contributed by atoms with Gasteiger partial charge in [0.2, 0.25) is 0 Å². The molecule has 0 rings (SSSR count). The molecule has 0 amide bonds. The van der Waals surface area contributed by atoms with E-state index in [2.05, 4.69) is 6.58 Å². The molecule has 10 heavy (non-hydrogen) atoms. The predicted octanol–water partition coefficient (Wildman–Crippen LogP) is 1.44. The van der Waals surface area contributed by atoms with Crippen molar-refractivity contribution < 1.29 is 4.74 Å². The molecular weight excluding hydrogens is 126 g/mol. The van der Waals surface area contributed by atoms with E-state index in [9.17, 15) is 0 Å². The Labute approximate surface area is 62.4 Å². The highest BCUT2D eigenvalue weighted by Crippen LogP contribution is 2.01. The summed E-state index contributed by atoms with van der Waals surface area (Å²) in [5, 5.41) is 0. The number of methoxy groups -OCH3 is 1. The van der Waals surface area contributed by atoms with Crippen LogP contribution in [0.3, 0.4) is 0 Å². The van der Waals surface area contributed by atoms with Crippen LogP contribution in [0.15, 0.2) is 24.4 Å². The Bertz CT molecular complexity index is 118. The summed E-state index contributed by atoms with van der Waals surface area (Å²) < 4.78 is 4.88. The van der Waals surface area contributed by atoms with Crippen LogP contribution in [0.2, 0.25) is 0 Å². The van der Waals surface area contributed by atoms with Crippen molar-refractivity contribution in [3.8, 4) is 0 Å². The van der Waals surface area contributed by atoms with Crippen LogP contribution in [0.25, 0.3) is 0 Å². The van der Waals surface area contributed by atoms with Crippen molar-refractivity contribution in [1.29, 1.82) is 0 Å². The van der Waals surface area contributed by atoms with E-state index in [1.807, 2.05) is 6.08 Å². The zero-order valence-electron chi connectivity index (χ0n) is 6.47. The van der Waals surface area contributed by atoms with Crippen LogP contribution in [0, 0.1) is 0 Å². The summed E-state index contributed by atoms with van der Waals surface area (Å²) in [5.41, 5.74) is 6.26. The predicted molar refractivity (Wildman–Crippen MR) is 43.6 cm³/mol. The first kappa shape index (κ1) is 9.24. The second-order valence-electron chi connectivity index (χ2n) is 2.15. The van der Waals surface area contributed by atoms with Gasteiger partial charge in [-0.15, -0.1) is 0 Å². The van der Waals surface area contributed by atoms with Crippen LogP contribution >= 0.6 is 0 Å². The van der Waals surface area contributed by atoms with E-state index < -0.39 is 0 Å². The zero-order valence-corrected chi connectivity index (χ0v) is 6.47. The first-order valence-corrected chi connectivity index (χ1v) is 3.33. The normalized spacial score (nSPS) is 10.5. The van der Waals surface area contributed by atoms with Crippen LogP contribution in [0.4, 0.5) is 0 Å². The summed E-state index contributed by atoms with van der Waals surface area (Å²) in [7, 11) is 1.67. The highest BCUT2D eigenvalue weighted by Gasteiger charge is 1.89. The first-order valence-electron chi connectivity index (χ1n) is 3.33.